The highest BCUT2D eigenvalue weighted by Crippen LogP contribution is 2.23. The zero-order valence-corrected chi connectivity index (χ0v) is 9.13. The first-order valence-corrected chi connectivity index (χ1v) is 5.14. The Balaban J connectivity index is 2.07. The summed E-state index contributed by atoms with van der Waals surface area (Å²) in [5, 5.41) is 18.9. The van der Waals surface area contributed by atoms with E-state index in [0.29, 0.717) is 17.0 Å². The molecule has 0 heterocycles. The summed E-state index contributed by atoms with van der Waals surface area (Å²) in [6.45, 7) is 0.218. The standard InChI is InChI=1S/C13H13NO3/c14-10-5-4-9(13(16)6-10)8-17-12-3-1-2-11(15)7-12/h1-7,15-16H,8,14H2. The van der Waals surface area contributed by atoms with Crippen LogP contribution in [0.1, 0.15) is 5.56 Å². The molecule has 2 aromatic carbocycles. The third kappa shape index (κ3) is 2.81. The van der Waals surface area contributed by atoms with Crippen LogP contribution in [0.3, 0.4) is 0 Å². The van der Waals surface area contributed by atoms with Crippen LogP contribution >= 0.6 is 0 Å². The monoisotopic (exact) mass is 231 g/mol. The summed E-state index contributed by atoms with van der Waals surface area (Å²) in [7, 11) is 0. The first-order valence-electron chi connectivity index (χ1n) is 5.14. The minimum absolute atomic E-state index is 0.102. The number of nitrogens with two attached hydrogens (primary N) is 1. The molecule has 0 aliphatic rings. The van der Waals surface area contributed by atoms with Gasteiger partial charge in [0.2, 0.25) is 0 Å². The fourth-order valence-corrected chi connectivity index (χ4v) is 1.44. The van der Waals surface area contributed by atoms with Gasteiger partial charge in [-0.3, -0.25) is 0 Å². The predicted octanol–water partition coefficient (Wildman–Crippen LogP) is 2.26. The molecule has 2 rings (SSSR count). The van der Waals surface area contributed by atoms with E-state index in [1.807, 2.05) is 0 Å². The number of hydrogen-bond donors (Lipinski definition) is 3. The van der Waals surface area contributed by atoms with E-state index in [-0.39, 0.29) is 18.1 Å². The molecular weight excluding hydrogens is 218 g/mol. The number of phenolic OH excluding ortho intramolecular Hbond substituents is 2. The highest BCUT2D eigenvalue weighted by Gasteiger charge is 2.03. The largest absolute Gasteiger partial charge is 0.508 e. The van der Waals surface area contributed by atoms with Crippen LogP contribution in [0.4, 0.5) is 5.69 Å². The van der Waals surface area contributed by atoms with E-state index in [0.717, 1.165) is 0 Å². The molecule has 0 aliphatic heterocycles. The maximum Gasteiger partial charge on any atom is 0.124 e. The molecule has 4 N–H and O–H groups in total. The molecule has 4 heteroatoms. The molecule has 0 fully saturated rings. The lowest BCUT2D eigenvalue weighted by Crippen LogP contribution is -1.96. The second-order valence-corrected chi connectivity index (χ2v) is 3.67. The molecule has 0 unspecified atom stereocenters. The van der Waals surface area contributed by atoms with Gasteiger partial charge in [-0.05, 0) is 24.3 Å². The summed E-state index contributed by atoms with van der Waals surface area (Å²) >= 11 is 0. The molecule has 0 amide bonds. The Morgan fingerprint density at radius 2 is 1.88 bits per heavy atom. The number of benzene rings is 2. The molecule has 0 aliphatic carbocycles. The van der Waals surface area contributed by atoms with Gasteiger partial charge in [0, 0.05) is 23.4 Å². The summed E-state index contributed by atoms with van der Waals surface area (Å²) in [6.07, 6.45) is 0. The summed E-state index contributed by atoms with van der Waals surface area (Å²) in [6, 6.07) is 11.4. The smallest absolute Gasteiger partial charge is 0.124 e. The molecular formula is C13H13NO3. The average Bonchev–Trinajstić information content (AvgIpc) is 2.28. The van der Waals surface area contributed by atoms with Crippen molar-refractivity contribution in [3.63, 3.8) is 0 Å². The van der Waals surface area contributed by atoms with E-state index in [1.165, 1.54) is 12.1 Å². The molecule has 0 spiro atoms. The van der Waals surface area contributed by atoms with Crippen LogP contribution in [0.25, 0.3) is 0 Å². The van der Waals surface area contributed by atoms with Crippen LogP contribution in [0.15, 0.2) is 42.5 Å². The molecule has 0 radical (unpaired) electrons. The van der Waals surface area contributed by atoms with Gasteiger partial charge in [-0.15, -0.1) is 0 Å². The van der Waals surface area contributed by atoms with Crippen LogP contribution in [0.2, 0.25) is 0 Å². The topological polar surface area (TPSA) is 75.7 Å². The Morgan fingerprint density at radius 1 is 1.06 bits per heavy atom. The fraction of sp³-hybridized carbons (Fsp3) is 0.0769. The van der Waals surface area contributed by atoms with E-state index >= 15 is 0 Å². The van der Waals surface area contributed by atoms with E-state index in [2.05, 4.69) is 0 Å². The molecule has 0 saturated heterocycles. The Hall–Kier alpha value is -2.36. The SMILES string of the molecule is Nc1ccc(COc2cccc(O)c2)c(O)c1. The molecule has 0 saturated carbocycles. The van der Waals surface area contributed by atoms with Gasteiger partial charge in [-0.2, -0.15) is 0 Å². The zero-order chi connectivity index (χ0) is 12.3. The number of anilines is 1. The molecule has 88 valence electrons. The molecule has 2 aromatic rings. The first-order chi connectivity index (χ1) is 8.15. The van der Waals surface area contributed by atoms with Gasteiger partial charge in [-0.25, -0.2) is 0 Å². The molecule has 0 bridgehead atoms. The van der Waals surface area contributed by atoms with Gasteiger partial charge in [-0.1, -0.05) is 6.07 Å². The predicted molar refractivity (Wildman–Crippen MR) is 65.0 cm³/mol. The van der Waals surface area contributed by atoms with Gasteiger partial charge in [0.15, 0.2) is 0 Å². The van der Waals surface area contributed by atoms with Crippen molar-refractivity contribution < 1.29 is 14.9 Å². The number of aromatic hydroxyl groups is 2. The second kappa shape index (κ2) is 4.65. The Morgan fingerprint density at radius 3 is 2.59 bits per heavy atom. The van der Waals surface area contributed by atoms with E-state index in [4.69, 9.17) is 10.5 Å². The number of nitrogen functional groups attached to an aromatic ring is 1. The first kappa shape index (κ1) is 11.1. The number of rotatable bonds is 3. The molecule has 0 aromatic heterocycles. The van der Waals surface area contributed by atoms with Crippen LogP contribution in [-0.2, 0) is 6.61 Å². The number of ether oxygens (including phenoxy) is 1. The highest BCUT2D eigenvalue weighted by atomic mass is 16.5. The second-order valence-electron chi connectivity index (χ2n) is 3.67. The maximum atomic E-state index is 9.61. The van der Waals surface area contributed by atoms with Gasteiger partial charge in [0.05, 0.1) is 0 Å². The van der Waals surface area contributed by atoms with E-state index in [1.54, 1.807) is 30.3 Å². The van der Waals surface area contributed by atoms with Crippen molar-refractivity contribution in [2.24, 2.45) is 0 Å². The van der Waals surface area contributed by atoms with Crippen molar-refractivity contribution in [2.45, 2.75) is 6.61 Å². The number of phenols is 2. The van der Waals surface area contributed by atoms with Crippen molar-refractivity contribution in [3.05, 3.63) is 48.0 Å². The lowest BCUT2D eigenvalue weighted by Gasteiger charge is -2.08. The quantitative estimate of drug-likeness (QED) is 0.708. The Bertz CT molecular complexity index is 526. The van der Waals surface area contributed by atoms with Crippen molar-refractivity contribution in [1.82, 2.24) is 0 Å². The van der Waals surface area contributed by atoms with Crippen LogP contribution in [-0.4, -0.2) is 10.2 Å². The average molecular weight is 231 g/mol. The van der Waals surface area contributed by atoms with Gasteiger partial charge >= 0.3 is 0 Å². The third-order valence-electron chi connectivity index (χ3n) is 2.32. The lowest BCUT2D eigenvalue weighted by molar-refractivity contribution is 0.297. The summed E-state index contributed by atoms with van der Waals surface area (Å²) in [5.41, 5.74) is 6.67. The van der Waals surface area contributed by atoms with Gasteiger partial charge in [0.1, 0.15) is 23.9 Å². The van der Waals surface area contributed by atoms with Crippen molar-refractivity contribution in [3.8, 4) is 17.2 Å². The normalized spacial score (nSPS) is 10.1. The summed E-state index contributed by atoms with van der Waals surface area (Å²) < 4.78 is 5.43. The van der Waals surface area contributed by atoms with E-state index in [9.17, 15) is 10.2 Å². The fourth-order valence-electron chi connectivity index (χ4n) is 1.44. The van der Waals surface area contributed by atoms with Crippen molar-refractivity contribution in [2.75, 3.05) is 5.73 Å². The minimum atomic E-state index is 0.102. The van der Waals surface area contributed by atoms with Gasteiger partial charge in [0.25, 0.3) is 0 Å². The van der Waals surface area contributed by atoms with Crippen LogP contribution < -0.4 is 10.5 Å². The molecule has 0 atom stereocenters. The van der Waals surface area contributed by atoms with Gasteiger partial charge < -0.3 is 20.7 Å². The van der Waals surface area contributed by atoms with E-state index < -0.39 is 0 Å². The zero-order valence-electron chi connectivity index (χ0n) is 9.13. The maximum absolute atomic E-state index is 9.61. The summed E-state index contributed by atoms with van der Waals surface area (Å²) in [4.78, 5) is 0. The lowest BCUT2D eigenvalue weighted by atomic mass is 10.2. The molecule has 17 heavy (non-hydrogen) atoms. The Kier molecular flexibility index (Phi) is 3.05. The molecule has 4 nitrogen and oxygen atoms in total. The van der Waals surface area contributed by atoms with Crippen LogP contribution in [0, 0.1) is 0 Å². The van der Waals surface area contributed by atoms with Crippen LogP contribution in [0.5, 0.6) is 17.2 Å². The highest BCUT2D eigenvalue weighted by molar-refractivity contribution is 5.47. The van der Waals surface area contributed by atoms with Crippen molar-refractivity contribution in [1.29, 1.82) is 0 Å². The number of hydrogen-bond acceptors (Lipinski definition) is 4. The third-order valence-corrected chi connectivity index (χ3v) is 2.32. The summed E-state index contributed by atoms with van der Waals surface area (Å²) in [5.74, 6) is 0.787. The minimum Gasteiger partial charge on any atom is -0.508 e. The Labute approximate surface area is 98.9 Å². The van der Waals surface area contributed by atoms with Crippen molar-refractivity contribution >= 4 is 5.69 Å².